The van der Waals surface area contributed by atoms with Crippen LogP contribution in [-0.4, -0.2) is 11.4 Å². The van der Waals surface area contributed by atoms with E-state index in [1.807, 2.05) is 12.1 Å². The Morgan fingerprint density at radius 2 is 2.15 bits per heavy atom. The van der Waals surface area contributed by atoms with Gasteiger partial charge in [0.05, 0.1) is 5.56 Å². The van der Waals surface area contributed by atoms with Crippen LogP contribution in [0.25, 0.3) is 0 Å². The first-order valence-corrected chi connectivity index (χ1v) is 4.45. The SMILES string of the molecule is CC1(c2cccc(C=O)c2O)CC1. The Bertz CT molecular complexity index is 351. The van der Waals surface area contributed by atoms with E-state index in [0.29, 0.717) is 11.8 Å². The Hall–Kier alpha value is -1.31. The third kappa shape index (κ3) is 1.22. The molecule has 1 fully saturated rings. The number of para-hydroxylation sites is 1. The monoisotopic (exact) mass is 176 g/mol. The second kappa shape index (κ2) is 2.59. The van der Waals surface area contributed by atoms with Gasteiger partial charge in [-0.25, -0.2) is 0 Å². The highest BCUT2D eigenvalue weighted by Crippen LogP contribution is 2.50. The number of hydrogen-bond donors (Lipinski definition) is 1. The maximum absolute atomic E-state index is 10.6. The van der Waals surface area contributed by atoms with Crippen molar-refractivity contribution in [3.05, 3.63) is 29.3 Å². The molecular weight excluding hydrogens is 164 g/mol. The van der Waals surface area contributed by atoms with Crippen molar-refractivity contribution >= 4 is 6.29 Å². The van der Waals surface area contributed by atoms with Gasteiger partial charge in [0.2, 0.25) is 0 Å². The summed E-state index contributed by atoms with van der Waals surface area (Å²) in [6.07, 6.45) is 2.90. The summed E-state index contributed by atoms with van der Waals surface area (Å²) in [6, 6.07) is 5.36. The van der Waals surface area contributed by atoms with Crippen LogP contribution in [0.2, 0.25) is 0 Å². The van der Waals surface area contributed by atoms with E-state index in [1.165, 1.54) is 0 Å². The minimum atomic E-state index is 0.114. The van der Waals surface area contributed by atoms with Gasteiger partial charge in [-0.15, -0.1) is 0 Å². The number of phenolic OH excluding ortho intramolecular Hbond substituents is 1. The molecule has 1 aliphatic carbocycles. The van der Waals surface area contributed by atoms with E-state index in [0.717, 1.165) is 18.4 Å². The summed E-state index contributed by atoms with van der Waals surface area (Å²) >= 11 is 0. The van der Waals surface area contributed by atoms with Crippen LogP contribution in [0, 0.1) is 0 Å². The quantitative estimate of drug-likeness (QED) is 0.702. The molecule has 0 spiro atoms. The van der Waals surface area contributed by atoms with Crippen LogP contribution < -0.4 is 0 Å². The average Bonchev–Trinajstić information content (AvgIpc) is 2.85. The van der Waals surface area contributed by atoms with Gasteiger partial charge in [0.1, 0.15) is 5.75 Å². The number of hydrogen-bond acceptors (Lipinski definition) is 2. The van der Waals surface area contributed by atoms with E-state index < -0.39 is 0 Å². The number of aldehydes is 1. The fraction of sp³-hybridized carbons (Fsp3) is 0.364. The average molecular weight is 176 g/mol. The molecule has 2 heteroatoms. The molecule has 0 aliphatic heterocycles. The van der Waals surface area contributed by atoms with Crippen molar-refractivity contribution in [3.8, 4) is 5.75 Å². The van der Waals surface area contributed by atoms with Crippen LogP contribution in [0.15, 0.2) is 18.2 Å². The summed E-state index contributed by atoms with van der Waals surface area (Å²) in [5.74, 6) is 0.164. The summed E-state index contributed by atoms with van der Waals surface area (Å²) in [4.78, 5) is 10.6. The van der Waals surface area contributed by atoms with Gasteiger partial charge in [-0.2, -0.15) is 0 Å². The molecule has 1 aromatic rings. The molecule has 1 N–H and O–H groups in total. The van der Waals surface area contributed by atoms with Gasteiger partial charge in [-0.1, -0.05) is 19.1 Å². The predicted octanol–water partition coefficient (Wildman–Crippen LogP) is 2.26. The molecule has 0 unspecified atom stereocenters. The second-order valence-electron chi connectivity index (χ2n) is 3.92. The zero-order valence-corrected chi connectivity index (χ0v) is 7.58. The number of rotatable bonds is 2. The van der Waals surface area contributed by atoms with Crippen molar-refractivity contribution in [3.63, 3.8) is 0 Å². The van der Waals surface area contributed by atoms with Crippen LogP contribution in [0.1, 0.15) is 35.7 Å². The first-order valence-electron chi connectivity index (χ1n) is 4.45. The molecule has 0 heterocycles. The minimum Gasteiger partial charge on any atom is -0.507 e. The van der Waals surface area contributed by atoms with E-state index >= 15 is 0 Å². The van der Waals surface area contributed by atoms with Crippen LogP contribution in [0.3, 0.4) is 0 Å². The van der Waals surface area contributed by atoms with Crippen molar-refractivity contribution < 1.29 is 9.90 Å². The van der Waals surface area contributed by atoms with Crippen molar-refractivity contribution in [1.29, 1.82) is 0 Å². The van der Waals surface area contributed by atoms with Crippen LogP contribution in [0.4, 0.5) is 0 Å². The highest BCUT2D eigenvalue weighted by Gasteiger charge is 2.41. The molecule has 1 aliphatic rings. The fourth-order valence-corrected chi connectivity index (χ4v) is 1.60. The first-order chi connectivity index (χ1) is 6.17. The van der Waals surface area contributed by atoms with E-state index in [4.69, 9.17) is 0 Å². The Morgan fingerprint density at radius 1 is 1.46 bits per heavy atom. The lowest BCUT2D eigenvalue weighted by Gasteiger charge is -2.11. The van der Waals surface area contributed by atoms with Gasteiger partial charge in [0, 0.05) is 5.56 Å². The maximum Gasteiger partial charge on any atom is 0.153 e. The Kier molecular flexibility index (Phi) is 1.65. The largest absolute Gasteiger partial charge is 0.507 e. The van der Waals surface area contributed by atoms with Crippen LogP contribution in [-0.2, 0) is 5.41 Å². The lowest BCUT2D eigenvalue weighted by atomic mass is 9.95. The van der Waals surface area contributed by atoms with Crippen molar-refractivity contribution in [2.45, 2.75) is 25.2 Å². The Balaban J connectivity index is 2.52. The van der Waals surface area contributed by atoms with Gasteiger partial charge in [0.25, 0.3) is 0 Å². The topological polar surface area (TPSA) is 37.3 Å². The van der Waals surface area contributed by atoms with Crippen molar-refractivity contribution in [1.82, 2.24) is 0 Å². The number of benzene rings is 1. The molecular formula is C11H12O2. The van der Waals surface area contributed by atoms with Gasteiger partial charge in [0.15, 0.2) is 6.29 Å². The molecule has 0 aromatic heterocycles. The third-order valence-electron chi connectivity index (χ3n) is 2.84. The molecule has 0 amide bonds. The van der Waals surface area contributed by atoms with E-state index in [9.17, 15) is 9.90 Å². The minimum absolute atomic E-state index is 0.114. The molecule has 0 atom stereocenters. The van der Waals surface area contributed by atoms with Gasteiger partial charge < -0.3 is 5.11 Å². The lowest BCUT2D eigenvalue weighted by molar-refractivity contribution is 0.112. The molecule has 0 saturated heterocycles. The van der Waals surface area contributed by atoms with E-state index in [-0.39, 0.29) is 11.2 Å². The summed E-state index contributed by atoms with van der Waals surface area (Å²) in [6.45, 7) is 2.11. The van der Waals surface area contributed by atoms with Crippen LogP contribution >= 0.6 is 0 Å². The summed E-state index contributed by atoms with van der Waals surface area (Å²) in [5.41, 5.74) is 1.42. The van der Waals surface area contributed by atoms with E-state index in [1.54, 1.807) is 6.07 Å². The van der Waals surface area contributed by atoms with Gasteiger partial charge in [-0.3, -0.25) is 4.79 Å². The number of phenols is 1. The molecule has 0 bridgehead atoms. The summed E-state index contributed by atoms with van der Waals surface area (Å²) in [7, 11) is 0. The number of aromatic hydroxyl groups is 1. The smallest absolute Gasteiger partial charge is 0.153 e. The normalized spacial score (nSPS) is 18.2. The predicted molar refractivity (Wildman–Crippen MR) is 50.1 cm³/mol. The zero-order chi connectivity index (χ0) is 9.47. The van der Waals surface area contributed by atoms with Crippen molar-refractivity contribution in [2.24, 2.45) is 0 Å². The van der Waals surface area contributed by atoms with Gasteiger partial charge in [-0.05, 0) is 24.3 Å². The summed E-state index contributed by atoms with van der Waals surface area (Å²) in [5, 5.41) is 9.73. The molecule has 1 saturated carbocycles. The first kappa shape index (κ1) is 8.30. The molecule has 68 valence electrons. The third-order valence-corrected chi connectivity index (χ3v) is 2.84. The highest BCUT2D eigenvalue weighted by molar-refractivity contribution is 5.80. The Morgan fingerprint density at radius 3 is 2.69 bits per heavy atom. The highest BCUT2D eigenvalue weighted by atomic mass is 16.3. The summed E-state index contributed by atoms with van der Waals surface area (Å²) < 4.78 is 0. The maximum atomic E-state index is 10.6. The molecule has 2 nitrogen and oxygen atoms in total. The molecule has 2 rings (SSSR count). The second-order valence-corrected chi connectivity index (χ2v) is 3.92. The molecule has 1 aromatic carbocycles. The zero-order valence-electron chi connectivity index (χ0n) is 7.58. The number of carbonyl (C=O) groups excluding carboxylic acids is 1. The Labute approximate surface area is 77.2 Å². The molecule has 13 heavy (non-hydrogen) atoms. The molecule has 0 radical (unpaired) electrons. The lowest BCUT2D eigenvalue weighted by Crippen LogP contribution is -2.01. The van der Waals surface area contributed by atoms with E-state index in [2.05, 4.69) is 6.92 Å². The van der Waals surface area contributed by atoms with Crippen LogP contribution in [0.5, 0.6) is 5.75 Å². The van der Waals surface area contributed by atoms with Gasteiger partial charge >= 0.3 is 0 Å². The fourth-order valence-electron chi connectivity index (χ4n) is 1.60. The van der Waals surface area contributed by atoms with Crippen molar-refractivity contribution in [2.75, 3.05) is 0 Å². The number of carbonyl (C=O) groups is 1. The standard InChI is InChI=1S/C11H12O2/c1-11(5-6-11)9-4-2-3-8(7-12)10(9)13/h2-4,7,13H,5-6H2,1H3.